The maximum absolute atomic E-state index is 4.27. The van der Waals surface area contributed by atoms with Gasteiger partial charge in [-0.05, 0) is 34.8 Å². The summed E-state index contributed by atoms with van der Waals surface area (Å²) < 4.78 is 1.05. The number of piperazine rings is 1. The molecule has 100 valence electrons. The number of rotatable bonds is 3. The Morgan fingerprint density at radius 3 is 3.00 bits per heavy atom. The molecule has 1 N–H and O–H groups in total. The summed E-state index contributed by atoms with van der Waals surface area (Å²) in [5.74, 6) is 0.708. The maximum Gasteiger partial charge on any atom is 0.0567 e. The van der Waals surface area contributed by atoms with Crippen molar-refractivity contribution in [2.75, 3.05) is 18.0 Å². The van der Waals surface area contributed by atoms with Crippen molar-refractivity contribution >= 4 is 21.6 Å². The van der Waals surface area contributed by atoms with E-state index in [1.54, 1.807) is 0 Å². The number of hydrogen-bond acceptors (Lipinski definition) is 3. The summed E-state index contributed by atoms with van der Waals surface area (Å²) >= 11 is 3.50. The summed E-state index contributed by atoms with van der Waals surface area (Å²) in [7, 11) is 0. The molecule has 0 radical (unpaired) electrons. The number of aromatic nitrogens is 1. The Bertz CT molecular complexity index is 396. The predicted octanol–water partition coefficient (Wildman–Crippen LogP) is 3.06. The maximum atomic E-state index is 4.27. The van der Waals surface area contributed by atoms with E-state index in [0.717, 1.165) is 17.6 Å². The average molecular weight is 312 g/mol. The molecule has 2 heterocycles. The van der Waals surface area contributed by atoms with E-state index in [1.165, 1.54) is 12.1 Å². The molecule has 0 saturated carbocycles. The van der Waals surface area contributed by atoms with Crippen molar-refractivity contribution in [2.24, 2.45) is 5.92 Å². The predicted molar refractivity (Wildman–Crippen MR) is 80.0 cm³/mol. The first-order chi connectivity index (χ1) is 8.61. The number of halogens is 1. The van der Waals surface area contributed by atoms with E-state index in [4.69, 9.17) is 0 Å². The highest BCUT2D eigenvalue weighted by Crippen LogP contribution is 2.24. The lowest BCUT2D eigenvalue weighted by Gasteiger charge is -2.42. The van der Waals surface area contributed by atoms with Gasteiger partial charge in [0.1, 0.15) is 0 Å². The summed E-state index contributed by atoms with van der Waals surface area (Å²) in [5, 5.41) is 3.66. The van der Waals surface area contributed by atoms with Gasteiger partial charge in [-0.3, -0.25) is 4.98 Å². The zero-order valence-electron chi connectivity index (χ0n) is 11.4. The molecule has 4 heteroatoms. The van der Waals surface area contributed by atoms with Gasteiger partial charge in [0, 0.05) is 35.8 Å². The Morgan fingerprint density at radius 1 is 1.56 bits per heavy atom. The molecule has 1 aliphatic rings. The van der Waals surface area contributed by atoms with Crippen LogP contribution in [0.3, 0.4) is 0 Å². The van der Waals surface area contributed by atoms with Crippen LogP contribution in [0.5, 0.6) is 0 Å². The third-order valence-corrected chi connectivity index (χ3v) is 4.39. The van der Waals surface area contributed by atoms with E-state index < -0.39 is 0 Å². The Kier molecular flexibility index (Phi) is 4.62. The van der Waals surface area contributed by atoms with Gasteiger partial charge in [-0.1, -0.05) is 20.3 Å². The molecular weight excluding hydrogens is 290 g/mol. The molecular formula is C14H22BrN3. The van der Waals surface area contributed by atoms with Crippen molar-refractivity contribution < 1.29 is 0 Å². The summed E-state index contributed by atoms with van der Waals surface area (Å²) in [6.45, 7) is 8.96. The first-order valence-electron chi connectivity index (χ1n) is 6.72. The second kappa shape index (κ2) is 6.02. The van der Waals surface area contributed by atoms with Crippen molar-refractivity contribution in [1.82, 2.24) is 10.3 Å². The molecule has 1 aromatic heterocycles. The number of nitrogens with one attached hydrogen (secondary N) is 1. The number of anilines is 1. The van der Waals surface area contributed by atoms with Gasteiger partial charge in [0.15, 0.2) is 0 Å². The second-order valence-corrected chi connectivity index (χ2v) is 6.18. The van der Waals surface area contributed by atoms with Crippen LogP contribution in [0.1, 0.15) is 27.2 Å². The van der Waals surface area contributed by atoms with E-state index in [-0.39, 0.29) is 0 Å². The molecule has 3 unspecified atom stereocenters. The van der Waals surface area contributed by atoms with Crippen LogP contribution in [0.4, 0.5) is 5.69 Å². The standard InChI is InChI=1S/C14H22BrN3/c1-4-10(2)14-9-18(11(3)6-17-14)13-5-12(15)7-16-8-13/h5,7-8,10-11,14,17H,4,6,9H2,1-3H3. The van der Waals surface area contributed by atoms with Crippen molar-refractivity contribution in [1.29, 1.82) is 0 Å². The fourth-order valence-corrected chi connectivity index (χ4v) is 2.82. The van der Waals surface area contributed by atoms with Crippen LogP contribution in [0.2, 0.25) is 0 Å². The van der Waals surface area contributed by atoms with Crippen molar-refractivity contribution in [3.05, 3.63) is 22.9 Å². The fraction of sp³-hybridized carbons (Fsp3) is 0.643. The minimum absolute atomic E-state index is 0.515. The molecule has 18 heavy (non-hydrogen) atoms. The lowest BCUT2D eigenvalue weighted by Crippen LogP contribution is -2.57. The van der Waals surface area contributed by atoms with E-state index in [0.29, 0.717) is 18.0 Å². The Balaban J connectivity index is 2.15. The third kappa shape index (κ3) is 3.04. The molecule has 0 aromatic carbocycles. The van der Waals surface area contributed by atoms with Crippen LogP contribution in [0.25, 0.3) is 0 Å². The highest BCUT2D eigenvalue weighted by atomic mass is 79.9. The van der Waals surface area contributed by atoms with Crippen LogP contribution in [0, 0.1) is 5.92 Å². The zero-order chi connectivity index (χ0) is 13.1. The first-order valence-corrected chi connectivity index (χ1v) is 7.51. The van der Waals surface area contributed by atoms with Crippen LogP contribution in [-0.2, 0) is 0 Å². The van der Waals surface area contributed by atoms with Crippen LogP contribution in [0.15, 0.2) is 22.9 Å². The average Bonchev–Trinajstić information content (AvgIpc) is 2.38. The SMILES string of the molecule is CCC(C)C1CN(c2cncc(Br)c2)C(C)CN1. The lowest BCUT2D eigenvalue weighted by atomic mass is 9.95. The van der Waals surface area contributed by atoms with E-state index >= 15 is 0 Å². The molecule has 0 bridgehead atoms. The zero-order valence-corrected chi connectivity index (χ0v) is 12.9. The summed E-state index contributed by atoms with van der Waals surface area (Å²) in [6, 6.07) is 3.24. The second-order valence-electron chi connectivity index (χ2n) is 5.26. The number of hydrogen-bond donors (Lipinski definition) is 1. The molecule has 1 fully saturated rings. The van der Waals surface area contributed by atoms with E-state index in [1.807, 2.05) is 12.4 Å². The third-order valence-electron chi connectivity index (χ3n) is 3.95. The normalized spacial score (nSPS) is 26.1. The molecule has 1 aromatic rings. The quantitative estimate of drug-likeness (QED) is 0.930. The first kappa shape index (κ1) is 13.8. The van der Waals surface area contributed by atoms with E-state index in [9.17, 15) is 0 Å². The topological polar surface area (TPSA) is 28.2 Å². The van der Waals surface area contributed by atoms with Gasteiger partial charge in [-0.25, -0.2) is 0 Å². The Hall–Kier alpha value is -0.610. The molecule has 1 saturated heterocycles. The van der Waals surface area contributed by atoms with Gasteiger partial charge >= 0.3 is 0 Å². The van der Waals surface area contributed by atoms with Crippen LogP contribution in [-0.4, -0.2) is 30.2 Å². The van der Waals surface area contributed by atoms with Gasteiger partial charge in [0.05, 0.1) is 11.9 Å². The highest BCUT2D eigenvalue weighted by Gasteiger charge is 2.27. The van der Waals surface area contributed by atoms with Gasteiger partial charge in [0.2, 0.25) is 0 Å². The van der Waals surface area contributed by atoms with Gasteiger partial charge in [-0.2, -0.15) is 0 Å². The molecule has 2 rings (SSSR count). The number of nitrogens with zero attached hydrogens (tertiary/aromatic N) is 2. The molecule has 0 spiro atoms. The minimum Gasteiger partial charge on any atom is -0.365 e. The summed E-state index contributed by atoms with van der Waals surface area (Å²) in [4.78, 5) is 6.74. The van der Waals surface area contributed by atoms with Gasteiger partial charge in [0.25, 0.3) is 0 Å². The van der Waals surface area contributed by atoms with Crippen LogP contribution >= 0.6 is 15.9 Å². The van der Waals surface area contributed by atoms with E-state index in [2.05, 4.69) is 58.0 Å². The lowest BCUT2D eigenvalue weighted by molar-refractivity contribution is 0.315. The Morgan fingerprint density at radius 2 is 2.33 bits per heavy atom. The largest absolute Gasteiger partial charge is 0.365 e. The molecule has 0 aliphatic carbocycles. The number of pyridine rings is 1. The van der Waals surface area contributed by atoms with Crippen LogP contribution < -0.4 is 10.2 Å². The highest BCUT2D eigenvalue weighted by molar-refractivity contribution is 9.10. The van der Waals surface area contributed by atoms with Crippen molar-refractivity contribution in [2.45, 2.75) is 39.3 Å². The summed E-state index contributed by atoms with van der Waals surface area (Å²) in [5.41, 5.74) is 1.21. The van der Waals surface area contributed by atoms with Gasteiger partial charge < -0.3 is 10.2 Å². The minimum atomic E-state index is 0.515. The van der Waals surface area contributed by atoms with Crippen molar-refractivity contribution in [3.8, 4) is 0 Å². The van der Waals surface area contributed by atoms with Crippen molar-refractivity contribution in [3.63, 3.8) is 0 Å². The fourth-order valence-electron chi connectivity index (χ4n) is 2.47. The molecule has 3 atom stereocenters. The monoisotopic (exact) mass is 311 g/mol. The molecule has 3 nitrogen and oxygen atoms in total. The summed E-state index contributed by atoms with van der Waals surface area (Å²) in [6.07, 6.45) is 5.01. The molecule has 0 amide bonds. The Labute approximate surface area is 118 Å². The smallest absolute Gasteiger partial charge is 0.0567 e. The molecule has 1 aliphatic heterocycles. The van der Waals surface area contributed by atoms with Gasteiger partial charge in [-0.15, -0.1) is 0 Å².